The minimum Gasteiger partial charge on any atom is -0.452 e. The Bertz CT molecular complexity index is 524. The predicted octanol–water partition coefficient (Wildman–Crippen LogP) is 1.94. The summed E-state index contributed by atoms with van der Waals surface area (Å²) in [5.74, 6) is 2.44. The summed E-state index contributed by atoms with van der Waals surface area (Å²) in [4.78, 5) is 0.178. The van der Waals surface area contributed by atoms with Crippen LogP contribution in [0, 0.1) is 0 Å². The predicted molar refractivity (Wildman–Crippen MR) is 79.8 cm³/mol. The van der Waals surface area contributed by atoms with Crippen molar-refractivity contribution in [1.29, 1.82) is 0 Å². The highest BCUT2D eigenvalue weighted by atomic mass is 79.9. The molecular weight excluding hydrogens is 352 g/mol. The molecular formula is C11H17BrN2O3S2. The van der Waals surface area contributed by atoms with Gasteiger partial charge >= 0.3 is 0 Å². The van der Waals surface area contributed by atoms with Crippen LogP contribution in [-0.4, -0.2) is 32.5 Å². The van der Waals surface area contributed by atoms with Gasteiger partial charge in [0.2, 0.25) is 10.0 Å². The second kappa shape index (κ2) is 6.62. The molecule has 0 aromatic carbocycles. The van der Waals surface area contributed by atoms with E-state index < -0.39 is 10.0 Å². The number of hydrogen-bond donors (Lipinski definition) is 2. The van der Waals surface area contributed by atoms with Crippen molar-refractivity contribution in [3.8, 4) is 0 Å². The molecule has 1 unspecified atom stereocenters. The van der Waals surface area contributed by atoms with Crippen molar-refractivity contribution < 1.29 is 12.8 Å². The first-order valence-electron chi connectivity index (χ1n) is 6.12. The minimum atomic E-state index is -3.51. The standard InChI is InChI=1S/C11H17BrN2O3S2/c1-2-13-6-9-5-10(11(12)17-9)19(15,16)14-8-3-4-18-7-8/h5,8,13-14H,2-4,6-7H2,1H3. The molecule has 0 spiro atoms. The highest BCUT2D eigenvalue weighted by molar-refractivity contribution is 9.10. The fourth-order valence-electron chi connectivity index (χ4n) is 1.83. The van der Waals surface area contributed by atoms with Gasteiger partial charge in [0.1, 0.15) is 10.7 Å². The lowest BCUT2D eigenvalue weighted by atomic mass is 10.3. The van der Waals surface area contributed by atoms with E-state index in [2.05, 4.69) is 26.0 Å². The monoisotopic (exact) mass is 368 g/mol. The Balaban J connectivity index is 2.12. The van der Waals surface area contributed by atoms with Gasteiger partial charge in [-0.1, -0.05) is 6.92 Å². The van der Waals surface area contributed by atoms with Gasteiger partial charge in [0.25, 0.3) is 0 Å². The molecule has 1 aromatic rings. The van der Waals surface area contributed by atoms with Crippen LogP contribution in [0.5, 0.6) is 0 Å². The summed E-state index contributed by atoms with van der Waals surface area (Å²) < 4.78 is 32.9. The molecule has 19 heavy (non-hydrogen) atoms. The molecule has 0 bridgehead atoms. The van der Waals surface area contributed by atoms with E-state index in [9.17, 15) is 8.42 Å². The van der Waals surface area contributed by atoms with Crippen molar-refractivity contribution in [2.24, 2.45) is 0 Å². The lowest BCUT2D eigenvalue weighted by Gasteiger charge is -2.10. The molecule has 1 aliphatic heterocycles. The number of thioether (sulfide) groups is 1. The van der Waals surface area contributed by atoms with E-state index in [0.29, 0.717) is 12.3 Å². The Hall–Kier alpha value is -0.0200. The average Bonchev–Trinajstić information content (AvgIpc) is 2.95. The molecule has 2 heterocycles. The van der Waals surface area contributed by atoms with Crippen LogP contribution in [0.3, 0.4) is 0 Å². The molecule has 0 radical (unpaired) electrons. The Labute approximate surface area is 126 Å². The van der Waals surface area contributed by atoms with Gasteiger partial charge in [-0.3, -0.25) is 0 Å². The Kier molecular flexibility index (Phi) is 5.36. The lowest BCUT2D eigenvalue weighted by Crippen LogP contribution is -2.34. The summed E-state index contributed by atoms with van der Waals surface area (Å²) in [5, 5.41) is 3.10. The molecule has 0 amide bonds. The molecule has 1 aromatic heterocycles. The summed E-state index contributed by atoms with van der Waals surface area (Å²) in [5.41, 5.74) is 0. The molecule has 2 N–H and O–H groups in total. The fourth-order valence-corrected chi connectivity index (χ4v) is 5.35. The molecule has 2 rings (SSSR count). The third-order valence-electron chi connectivity index (χ3n) is 2.80. The topological polar surface area (TPSA) is 71.3 Å². The molecule has 1 saturated heterocycles. The summed E-state index contributed by atoms with van der Waals surface area (Å²) in [6, 6.07) is 1.59. The maximum atomic E-state index is 12.3. The van der Waals surface area contributed by atoms with Gasteiger partial charge in [-0.25, -0.2) is 13.1 Å². The normalized spacial score (nSPS) is 20.0. The van der Waals surface area contributed by atoms with Crippen LogP contribution in [0.4, 0.5) is 0 Å². The van der Waals surface area contributed by atoms with Gasteiger partial charge in [0, 0.05) is 17.9 Å². The number of furan rings is 1. The first-order valence-corrected chi connectivity index (χ1v) is 9.55. The first-order chi connectivity index (χ1) is 9.03. The quantitative estimate of drug-likeness (QED) is 0.802. The highest BCUT2D eigenvalue weighted by Crippen LogP contribution is 2.27. The highest BCUT2D eigenvalue weighted by Gasteiger charge is 2.27. The van der Waals surface area contributed by atoms with E-state index in [-0.39, 0.29) is 15.6 Å². The van der Waals surface area contributed by atoms with E-state index in [4.69, 9.17) is 4.42 Å². The Morgan fingerprint density at radius 3 is 3.00 bits per heavy atom. The summed E-state index contributed by atoms with van der Waals surface area (Å²) in [6.45, 7) is 3.30. The summed E-state index contributed by atoms with van der Waals surface area (Å²) in [7, 11) is -3.51. The van der Waals surface area contributed by atoms with Gasteiger partial charge in [-0.2, -0.15) is 11.8 Å². The maximum absolute atomic E-state index is 12.3. The largest absolute Gasteiger partial charge is 0.452 e. The average molecular weight is 369 g/mol. The van der Waals surface area contributed by atoms with Crippen molar-refractivity contribution in [2.45, 2.75) is 30.8 Å². The lowest BCUT2D eigenvalue weighted by molar-refractivity contribution is 0.464. The van der Waals surface area contributed by atoms with Crippen molar-refractivity contribution in [2.75, 3.05) is 18.1 Å². The van der Waals surface area contributed by atoms with Gasteiger partial charge in [-0.05, 0) is 34.6 Å². The zero-order chi connectivity index (χ0) is 13.9. The second-order valence-corrected chi connectivity index (χ2v) is 7.87. The first kappa shape index (κ1) is 15.4. The van der Waals surface area contributed by atoms with Gasteiger partial charge in [0.05, 0.1) is 6.54 Å². The van der Waals surface area contributed by atoms with E-state index >= 15 is 0 Å². The van der Waals surface area contributed by atoms with Crippen LogP contribution in [0.15, 0.2) is 20.0 Å². The molecule has 1 atom stereocenters. The van der Waals surface area contributed by atoms with Crippen LogP contribution in [-0.2, 0) is 16.6 Å². The van der Waals surface area contributed by atoms with Gasteiger partial charge in [0.15, 0.2) is 4.67 Å². The van der Waals surface area contributed by atoms with E-state index in [1.165, 1.54) is 0 Å². The van der Waals surface area contributed by atoms with Crippen LogP contribution in [0.2, 0.25) is 0 Å². The van der Waals surface area contributed by atoms with Crippen LogP contribution in [0.25, 0.3) is 0 Å². The van der Waals surface area contributed by atoms with E-state index in [0.717, 1.165) is 24.5 Å². The molecule has 5 nitrogen and oxygen atoms in total. The minimum absolute atomic E-state index is 0.0222. The SMILES string of the molecule is CCNCc1cc(S(=O)(=O)NC2CCSC2)c(Br)o1. The molecule has 1 aliphatic rings. The van der Waals surface area contributed by atoms with E-state index in [1.54, 1.807) is 17.8 Å². The van der Waals surface area contributed by atoms with Crippen molar-refractivity contribution in [3.05, 3.63) is 16.5 Å². The third-order valence-corrected chi connectivity index (χ3v) is 6.34. The van der Waals surface area contributed by atoms with E-state index in [1.807, 2.05) is 6.92 Å². The zero-order valence-corrected chi connectivity index (χ0v) is 13.8. The Morgan fingerprint density at radius 1 is 1.58 bits per heavy atom. The number of halogens is 1. The van der Waals surface area contributed by atoms with Crippen molar-refractivity contribution in [1.82, 2.24) is 10.0 Å². The van der Waals surface area contributed by atoms with Gasteiger partial charge in [-0.15, -0.1) is 0 Å². The van der Waals surface area contributed by atoms with Crippen LogP contribution >= 0.6 is 27.7 Å². The number of sulfonamides is 1. The zero-order valence-electron chi connectivity index (χ0n) is 10.6. The third kappa shape index (κ3) is 3.98. The summed E-state index contributed by atoms with van der Waals surface area (Å²) in [6.07, 6.45) is 0.879. The molecule has 1 fully saturated rings. The van der Waals surface area contributed by atoms with Gasteiger partial charge < -0.3 is 9.73 Å². The van der Waals surface area contributed by atoms with Crippen LogP contribution < -0.4 is 10.0 Å². The Morgan fingerprint density at radius 2 is 2.37 bits per heavy atom. The molecule has 108 valence electrons. The number of nitrogens with one attached hydrogen (secondary N) is 2. The number of hydrogen-bond acceptors (Lipinski definition) is 5. The summed E-state index contributed by atoms with van der Waals surface area (Å²) >= 11 is 4.94. The second-order valence-electron chi connectivity index (χ2n) is 4.31. The fraction of sp³-hybridized carbons (Fsp3) is 0.636. The smallest absolute Gasteiger partial charge is 0.245 e. The molecule has 0 aliphatic carbocycles. The van der Waals surface area contributed by atoms with Crippen LogP contribution in [0.1, 0.15) is 19.1 Å². The van der Waals surface area contributed by atoms with Crippen molar-refractivity contribution in [3.63, 3.8) is 0 Å². The molecule has 0 saturated carbocycles. The van der Waals surface area contributed by atoms with Crippen molar-refractivity contribution >= 4 is 37.7 Å². The molecule has 8 heteroatoms. The number of rotatable bonds is 6. The maximum Gasteiger partial charge on any atom is 0.245 e.